The van der Waals surface area contributed by atoms with Crippen LogP contribution >= 0.6 is 0 Å². The van der Waals surface area contributed by atoms with E-state index in [0.29, 0.717) is 16.6 Å². The van der Waals surface area contributed by atoms with Crippen LogP contribution in [0.5, 0.6) is 0 Å². The van der Waals surface area contributed by atoms with Crippen LogP contribution in [-0.4, -0.2) is 19.1 Å². The number of halogens is 3. The Morgan fingerprint density at radius 2 is 1.81 bits per heavy atom. The molecular formula is C18H13F3N4O. The molecule has 0 saturated heterocycles. The zero-order valence-electron chi connectivity index (χ0n) is 13.9. The van der Waals surface area contributed by atoms with Crippen molar-refractivity contribution in [2.45, 2.75) is 13.1 Å². The van der Waals surface area contributed by atoms with Crippen molar-refractivity contribution in [1.82, 2.24) is 19.1 Å². The topological polar surface area (TPSA) is 52.7 Å². The minimum atomic E-state index is -4.61. The van der Waals surface area contributed by atoms with Crippen molar-refractivity contribution in [3.63, 3.8) is 0 Å². The predicted octanol–water partition coefficient (Wildman–Crippen LogP) is 3.60. The lowest BCUT2D eigenvalue weighted by molar-refractivity contribution is -0.141. The molecule has 1 aromatic carbocycles. The number of para-hydroxylation sites is 1. The maximum absolute atomic E-state index is 13.2. The van der Waals surface area contributed by atoms with Gasteiger partial charge >= 0.3 is 6.18 Å². The molecule has 0 unspecified atom stereocenters. The van der Waals surface area contributed by atoms with E-state index in [9.17, 15) is 18.0 Å². The Balaban J connectivity index is 2.26. The van der Waals surface area contributed by atoms with Gasteiger partial charge in [-0.2, -0.15) is 13.2 Å². The molecule has 132 valence electrons. The van der Waals surface area contributed by atoms with Crippen LogP contribution in [0.2, 0.25) is 0 Å². The molecule has 5 nitrogen and oxygen atoms in total. The molecule has 0 spiro atoms. The van der Waals surface area contributed by atoms with Gasteiger partial charge < -0.3 is 4.57 Å². The maximum Gasteiger partial charge on any atom is 0.433 e. The Morgan fingerprint density at radius 3 is 2.50 bits per heavy atom. The van der Waals surface area contributed by atoms with Crippen LogP contribution in [0.3, 0.4) is 0 Å². The third-order valence-corrected chi connectivity index (χ3v) is 4.33. The molecular weight excluding hydrogens is 345 g/mol. The van der Waals surface area contributed by atoms with E-state index in [0.717, 1.165) is 11.6 Å². The molecule has 4 rings (SSSR count). The molecule has 3 heterocycles. The number of benzene rings is 1. The molecule has 3 aromatic heterocycles. The van der Waals surface area contributed by atoms with E-state index in [1.165, 1.54) is 17.0 Å². The van der Waals surface area contributed by atoms with Gasteiger partial charge in [-0.1, -0.05) is 18.2 Å². The number of hydrogen-bond acceptors (Lipinski definition) is 3. The molecule has 0 amide bonds. The number of fused-ring (bicyclic) bond motifs is 3. The summed E-state index contributed by atoms with van der Waals surface area (Å²) in [6.07, 6.45) is -3.15. The van der Waals surface area contributed by atoms with E-state index in [1.807, 2.05) is 0 Å². The molecule has 0 aliphatic heterocycles. The lowest BCUT2D eigenvalue weighted by atomic mass is 10.1. The minimum Gasteiger partial charge on any atom is -0.333 e. The molecule has 8 heteroatoms. The third-order valence-electron chi connectivity index (χ3n) is 4.33. The van der Waals surface area contributed by atoms with Gasteiger partial charge in [0, 0.05) is 12.4 Å². The second-order valence-corrected chi connectivity index (χ2v) is 6.05. The summed E-state index contributed by atoms with van der Waals surface area (Å²) in [5.41, 5.74) is 0.255. The SMILES string of the molecule is Cc1ccccc1-n1c(=O)c2ncn(C)c2c2ccc(C(F)(F)F)nc21. The Labute approximate surface area is 145 Å². The lowest BCUT2D eigenvalue weighted by Gasteiger charge is -2.15. The fraction of sp³-hybridized carbons (Fsp3) is 0.167. The predicted molar refractivity (Wildman–Crippen MR) is 91.4 cm³/mol. The number of aromatic nitrogens is 4. The van der Waals surface area contributed by atoms with Gasteiger partial charge in [-0.25, -0.2) is 9.97 Å². The summed E-state index contributed by atoms with van der Waals surface area (Å²) in [5, 5.41) is 0.427. The van der Waals surface area contributed by atoms with Crippen LogP contribution in [0.25, 0.3) is 27.8 Å². The van der Waals surface area contributed by atoms with Gasteiger partial charge in [-0.05, 0) is 30.7 Å². The first kappa shape index (κ1) is 16.3. The van der Waals surface area contributed by atoms with E-state index in [1.54, 1.807) is 42.8 Å². The largest absolute Gasteiger partial charge is 0.433 e. The van der Waals surface area contributed by atoms with Crippen molar-refractivity contribution in [2.24, 2.45) is 7.05 Å². The van der Waals surface area contributed by atoms with Gasteiger partial charge in [0.25, 0.3) is 5.56 Å². The van der Waals surface area contributed by atoms with Crippen LogP contribution in [0, 0.1) is 6.92 Å². The number of hydrogen-bond donors (Lipinski definition) is 0. The fourth-order valence-corrected chi connectivity index (χ4v) is 3.11. The van der Waals surface area contributed by atoms with Gasteiger partial charge in [0.15, 0.2) is 5.52 Å². The molecule has 0 N–H and O–H groups in total. The van der Waals surface area contributed by atoms with Crippen molar-refractivity contribution in [3.05, 3.63) is 64.3 Å². The van der Waals surface area contributed by atoms with Crippen molar-refractivity contribution >= 4 is 22.1 Å². The van der Waals surface area contributed by atoms with Crippen molar-refractivity contribution in [2.75, 3.05) is 0 Å². The first-order valence-corrected chi connectivity index (χ1v) is 7.79. The van der Waals surface area contributed by atoms with E-state index in [2.05, 4.69) is 9.97 Å². The first-order valence-electron chi connectivity index (χ1n) is 7.79. The highest BCUT2D eigenvalue weighted by molar-refractivity contribution is 6.01. The molecule has 0 fully saturated rings. The maximum atomic E-state index is 13.2. The van der Waals surface area contributed by atoms with Crippen LogP contribution in [0.15, 0.2) is 47.5 Å². The fourth-order valence-electron chi connectivity index (χ4n) is 3.11. The highest BCUT2D eigenvalue weighted by atomic mass is 19.4. The number of aryl methyl sites for hydroxylation is 2. The Hall–Kier alpha value is -3.16. The second kappa shape index (κ2) is 5.42. The van der Waals surface area contributed by atoms with Crippen LogP contribution in [0.4, 0.5) is 13.2 Å². The normalized spacial score (nSPS) is 12.2. The molecule has 0 bridgehead atoms. The zero-order chi connectivity index (χ0) is 18.6. The van der Waals surface area contributed by atoms with Gasteiger partial charge in [0.1, 0.15) is 11.3 Å². The summed E-state index contributed by atoms with van der Waals surface area (Å²) in [5.74, 6) is 0. The Morgan fingerprint density at radius 1 is 1.08 bits per heavy atom. The van der Waals surface area contributed by atoms with Gasteiger partial charge in [0.2, 0.25) is 0 Å². The minimum absolute atomic E-state index is 0.0461. The zero-order valence-corrected chi connectivity index (χ0v) is 13.9. The van der Waals surface area contributed by atoms with Crippen molar-refractivity contribution < 1.29 is 13.2 Å². The van der Waals surface area contributed by atoms with Gasteiger partial charge in [-0.3, -0.25) is 9.36 Å². The summed E-state index contributed by atoms with van der Waals surface area (Å²) in [6, 6.07) is 9.22. The quantitative estimate of drug-likeness (QED) is 0.522. The smallest absolute Gasteiger partial charge is 0.333 e. The van der Waals surface area contributed by atoms with Crippen molar-refractivity contribution in [3.8, 4) is 5.69 Å². The molecule has 0 radical (unpaired) electrons. The highest BCUT2D eigenvalue weighted by Crippen LogP contribution is 2.31. The van der Waals surface area contributed by atoms with Gasteiger partial charge in [0.05, 0.1) is 17.5 Å². The summed E-state index contributed by atoms with van der Waals surface area (Å²) in [6.45, 7) is 1.78. The molecule has 0 aliphatic carbocycles. The number of nitrogens with zero attached hydrogens (tertiary/aromatic N) is 4. The van der Waals surface area contributed by atoms with Gasteiger partial charge in [-0.15, -0.1) is 0 Å². The van der Waals surface area contributed by atoms with E-state index in [4.69, 9.17) is 0 Å². The molecule has 0 saturated carbocycles. The molecule has 4 aromatic rings. The standard InChI is InChI=1S/C18H13F3N4O/c1-10-5-3-4-6-12(10)25-16-11(7-8-13(23-16)18(19,20)21)15-14(17(25)26)22-9-24(15)2/h3-9H,1-2H3. The summed E-state index contributed by atoms with van der Waals surface area (Å²) in [4.78, 5) is 21.0. The average molecular weight is 358 g/mol. The number of pyridine rings is 2. The summed E-state index contributed by atoms with van der Waals surface area (Å²) in [7, 11) is 1.68. The Bertz CT molecular complexity index is 1220. The van der Waals surface area contributed by atoms with Crippen LogP contribution in [-0.2, 0) is 13.2 Å². The molecule has 0 aliphatic rings. The number of imidazole rings is 1. The molecule has 26 heavy (non-hydrogen) atoms. The monoisotopic (exact) mass is 358 g/mol. The van der Waals surface area contributed by atoms with E-state index >= 15 is 0 Å². The van der Waals surface area contributed by atoms with E-state index < -0.39 is 17.4 Å². The number of rotatable bonds is 1. The van der Waals surface area contributed by atoms with Crippen LogP contribution in [0.1, 0.15) is 11.3 Å². The molecule has 0 atom stereocenters. The average Bonchev–Trinajstić information content (AvgIpc) is 2.98. The number of alkyl halides is 3. The Kier molecular flexibility index (Phi) is 3.40. The first-order chi connectivity index (χ1) is 12.3. The third kappa shape index (κ3) is 2.29. The van der Waals surface area contributed by atoms with E-state index in [-0.39, 0.29) is 11.2 Å². The van der Waals surface area contributed by atoms with Crippen LogP contribution < -0.4 is 5.56 Å². The summed E-state index contributed by atoms with van der Waals surface area (Å²) >= 11 is 0. The van der Waals surface area contributed by atoms with Crippen molar-refractivity contribution in [1.29, 1.82) is 0 Å². The summed E-state index contributed by atoms with van der Waals surface area (Å²) < 4.78 is 42.4. The lowest BCUT2D eigenvalue weighted by Crippen LogP contribution is -2.22. The second-order valence-electron chi connectivity index (χ2n) is 6.05. The highest BCUT2D eigenvalue weighted by Gasteiger charge is 2.33.